The van der Waals surface area contributed by atoms with Crippen molar-refractivity contribution in [3.05, 3.63) is 35.4 Å². The summed E-state index contributed by atoms with van der Waals surface area (Å²) in [4.78, 5) is 23.3. The molecule has 0 atom stereocenters. The van der Waals surface area contributed by atoms with Crippen molar-refractivity contribution in [1.82, 2.24) is 10.6 Å². The monoisotopic (exact) mass is 232 g/mol. The predicted octanol–water partition coefficient (Wildman–Crippen LogP) is 0.838. The van der Waals surface area contributed by atoms with Crippen molar-refractivity contribution in [3.63, 3.8) is 0 Å². The summed E-state index contributed by atoms with van der Waals surface area (Å²) in [5, 5.41) is 6.01. The van der Waals surface area contributed by atoms with Gasteiger partial charge in [-0.05, 0) is 13.0 Å². The van der Waals surface area contributed by atoms with E-state index in [4.69, 9.17) is 0 Å². The topological polar surface area (TPSA) is 58.2 Å². The molecule has 1 aromatic rings. The molecule has 4 heteroatoms. The van der Waals surface area contributed by atoms with Crippen molar-refractivity contribution in [2.24, 2.45) is 5.92 Å². The Kier molecular flexibility index (Phi) is 3.54. The summed E-state index contributed by atoms with van der Waals surface area (Å²) in [7, 11) is 0. The van der Waals surface area contributed by atoms with E-state index in [1.807, 2.05) is 0 Å². The standard InChI is InChI=1S/C13H16N2O2/c1-9(16)11-4-2-3-5-12(11)13(17)15-8-10-6-14-7-10/h2-5,10,14H,6-8H2,1H3,(H,15,17). The minimum Gasteiger partial charge on any atom is -0.352 e. The molecule has 1 aliphatic heterocycles. The van der Waals surface area contributed by atoms with E-state index in [-0.39, 0.29) is 11.7 Å². The smallest absolute Gasteiger partial charge is 0.252 e. The van der Waals surface area contributed by atoms with E-state index in [1.165, 1.54) is 6.92 Å². The van der Waals surface area contributed by atoms with Crippen molar-refractivity contribution in [3.8, 4) is 0 Å². The average molecular weight is 232 g/mol. The van der Waals surface area contributed by atoms with Gasteiger partial charge in [0, 0.05) is 31.1 Å². The molecule has 17 heavy (non-hydrogen) atoms. The number of amides is 1. The van der Waals surface area contributed by atoms with Gasteiger partial charge in [0.05, 0.1) is 5.56 Å². The molecule has 0 spiro atoms. The Hall–Kier alpha value is -1.68. The van der Waals surface area contributed by atoms with Gasteiger partial charge in [-0.2, -0.15) is 0 Å². The summed E-state index contributed by atoms with van der Waals surface area (Å²) in [6, 6.07) is 6.91. The summed E-state index contributed by atoms with van der Waals surface area (Å²) < 4.78 is 0. The minimum atomic E-state index is -0.164. The number of carbonyl (C=O) groups excluding carboxylic acids is 2. The van der Waals surface area contributed by atoms with Crippen LogP contribution in [-0.2, 0) is 0 Å². The van der Waals surface area contributed by atoms with Crippen LogP contribution in [0.15, 0.2) is 24.3 Å². The fourth-order valence-corrected chi connectivity index (χ4v) is 1.81. The Morgan fingerprint density at radius 2 is 1.94 bits per heavy atom. The highest BCUT2D eigenvalue weighted by molar-refractivity contribution is 6.07. The van der Waals surface area contributed by atoms with Crippen LogP contribution >= 0.6 is 0 Å². The molecule has 4 nitrogen and oxygen atoms in total. The largest absolute Gasteiger partial charge is 0.352 e. The third-order valence-electron chi connectivity index (χ3n) is 2.97. The number of ketones is 1. The highest BCUT2D eigenvalue weighted by atomic mass is 16.2. The number of carbonyl (C=O) groups is 2. The first-order valence-corrected chi connectivity index (χ1v) is 5.77. The maximum Gasteiger partial charge on any atom is 0.252 e. The third kappa shape index (κ3) is 2.71. The zero-order chi connectivity index (χ0) is 12.3. The van der Waals surface area contributed by atoms with Crippen LogP contribution in [0.2, 0.25) is 0 Å². The lowest BCUT2D eigenvalue weighted by Gasteiger charge is -2.27. The van der Waals surface area contributed by atoms with Gasteiger partial charge >= 0.3 is 0 Å². The lowest BCUT2D eigenvalue weighted by atomic mass is 10.0. The lowest BCUT2D eigenvalue weighted by molar-refractivity contribution is 0.0929. The lowest BCUT2D eigenvalue weighted by Crippen LogP contribution is -2.48. The number of benzene rings is 1. The first kappa shape index (κ1) is 11.8. The van der Waals surface area contributed by atoms with Gasteiger partial charge in [-0.15, -0.1) is 0 Å². The van der Waals surface area contributed by atoms with Gasteiger partial charge in [0.2, 0.25) is 0 Å². The van der Waals surface area contributed by atoms with E-state index in [1.54, 1.807) is 24.3 Å². The maximum atomic E-state index is 11.9. The maximum absolute atomic E-state index is 11.9. The Bertz CT molecular complexity index is 439. The van der Waals surface area contributed by atoms with Crippen molar-refractivity contribution < 1.29 is 9.59 Å². The summed E-state index contributed by atoms with van der Waals surface area (Å²) in [5.41, 5.74) is 0.948. The summed E-state index contributed by atoms with van der Waals surface area (Å²) in [5.74, 6) is 0.271. The quantitative estimate of drug-likeness (QED) is 0.756. The van der Waals surface area contributed by atoms with E-state index >= 15 is 0 Å². The van der Waals surface area contributed by atoms with Crippen LogP contribution in [0.1, 0.15) is 27.6 Å². The molecule has 1 aliphatic rings. The van der Waals surface area contributed by atoms with Gasteiger partial charge in [0.15, 0.2) is 5.78 Å². The minimum absolute atomic E-state index is 0.0824. The van der Waals surface area contributed by atoms with E-state index in [2.05, 4.69) is 10.6 Å². The zero-order valence-electron chi connectivity index (χ0n) is 9.82. The SMILES string of the molecule is CC(=O)c1ccccc1C(=O)NCC1CNC1. The van der Waals surface area contributed by atoms with Crippen LogP contribution in [0.5, 0.6) is 0 Å². The molecule has 0 bridgehead atoms. The van der Waals surface area contributed by atoms with Crippen molar-refractivity contribution in [2.75, 3.05) is 19.6 Å². The van der Waals surface area contributed by atoms with Crippen molar-refractivity contribution in [2.45, 2.75) is 6.92 Å². The summed E-state index contributed by atoms with van der Waals surface area (Å²) >= 11 is 0. The van der Waals surface area contributed by atoms with E-state index < -0.39 is 0 Å². The first-order valence-electron chi connectivity index (χ1n) is 5.77. The van der Waals surface area contributed by atoms with E-state index in [0.29, 0.717) is 23.6 Å². The third-order valence-corrected chi connectivity index (χ3v) is 2.97. The van der Waals surface area contributed by atoms with Crippen LogP contribution in [-0.4, -0.2) is 31.3 Å². The van der Waals surface area contributed by atoms with Crippen LogP contribution < -0.4 is 10.6 Å². The molecule has 0 aromatic heterocycles. The summed E-state index contributed by atoms with van der Waals surface area (Å²) in [6.45, 7) is 4.04. The molecule has 0 unspecified atom stereocenters. The Morgan fingerprint density at radius 1 is 1.29 bits per heavy atom. The van der Waals surface area contributed by atoms with Crippen molar-refractivity contribution >= 4 is 11.7 Å². The van der Waals surface area contributed by atoms with Crippen LogP contribution in [0.25, 0.3) is 0 Å². The molecule has 1 fully saturated rings. The summed E-state index contributed by atoms with van der Waals surface area (Å²) in [6.07, 6.45) is 0. The number of hydrogen-bond acceptors (Lipinski definition) is 3. The van der Waals surface area contributed by atoms with Crippen LogP contribution in [0.4, 0.5) is 0 Å². The second kappa shape index (κ2) is 5.10. The predicted molar refractivity (Wildman–Crippen MR) is 65.1 cm³/mol. The van der Waals surface area contributed by atoms with E-state index in [0.717, 1.165) is 13.1 Å². The molecule has 90 valence electrons. The second-order valence-electron chi connectivity index (χ2n) is 4.34. The molecule has 1 amide bonds. The van der Waals surface area contributed by atoms with Crippen LogP contribution in [0.3, 0.4) is 0 Å². The van der Waals surface area contributed by atoms with Gasteiger partial charge in [0.1, 0.15) is 0 Å². The molecule has 0 radical (unpaired) electrons. The van der Waals surface area contributed by atoms with Crippen molar-refractivity contribution in [1.29, 1.82) is 0 Å². The molecule has 1 aromatic carbocycles. The normalized spacial score (nSPS) is 15.1. The fourth-order valence-electron chi connectivity index (χ4n) is 1.81. The van der Waals surface area contributed by atoms with Gasteiger partial charge < -0.3 is 10.6 Å². The first-order chi connectivity index (χ1) is 8.18. The van der Waals surface area contributed by atoms with Crippen LogP contribution in [0, 0.1) is 5.92 Å². The second-order valence-corrected chi connectivity index (χ2v) is 4.34. The van der Waals surface area contributed by atoms with E-state index in [9.17, 15) is 9.59 Å². The number of rotatable bonds is 4. The Labute approximate surface area is 100 Å². The molecular weight excluding hydrogens is 216 g/mol. The molecule has 2 rings (SSSR count). The molecular formula is C13H16N2O2. The van der Waals surface area contributed by atoms with Gasteiger partial charge in [-0.25, -0.2) is 0 Å². The zero-order valence-corrected chi connectivity index (χ0v) is 9.82. The van der Waals surface area contributed by atoms with Gasteiger partial charge in [0.25, 0.3) is 5.91 Å². The Morgan fingerprint density at radius 3 is 2.47 bits per heavy atom. The highest BCUT2D eigenvalue weighted by Gasteiger charge is 2.19. The fraction of sp³-hybridized carbons (Fsp3) is 0.385. The molecule has 0 saturated carbocycles. The molecule has 1 saturated heterocycles. The average Bonchev–Trinajstić information content (AvgIpc) is 2.26. The molecule has 0 aliphatic carbocycles. The molecule has 1 heterocycles. The number of Topliss-reactive ketones (excluding diaryl/α,β-unsaturated/α-hetero) is 1. The van der Waals surface area contributed by atoms with Gasteiger partial charge in [-0.1, -0.05) is 18.2 Å². The Balaban J connectivity index is 2.04. The highest BCUT2D eigenvalue weighted by Crippen LogP contribution is 2.10. The molecule has 2 N–H and O–H groups in total. The number of hydrogen-bond donors (Lipinski definition) is 2. The van der Waals surface area contributed by atoms with Gasteiger partial charge in [-0.3, -0.25) is 9.59 Å². The number of nitrogens with one attached hydrogen (secondary N) is 2.